The Labute approximate surface area is 167 Å². The maximum atomic E-state index is 12.3. The second-order valence-corrected chi connectivity index (χ2v) is 6.65. The van der Waals surface area contributed by atoms with Crippen LogP contribution >= 0.6 is 35.4 Å². The molecule has 0 saturated carbocycles. The van der Waals surface area contributed by atoms with E-state index in [1.165, 1.54) is 0 Å². The van der Waals surface area contributed by atoms with Crippen molar-refractivity contribution in [3.05, 3.63) is 88.4 Å². The normalized spacial score (nSPS) is 10.2. The Hall–Kier alpha value is -2.40. The van der Waals surface area contributed by atoms with Gasteiger partial charge in [-0.15, -0.1) is 0 Å². The molecule has 0 fully saturated rings. The van der Waals surface area contributed by atoms with Crippen LogP contribution in [0.4, 0.5) is 5.69 Å². The summed E-state index contributed by atoms with van der Waals surface area (Å²) in [5, 5.41) is 6.40. The van der Waals surface area contributed by atoms with Gasteiger partial charge in [-0.1, -0.05) is 71.7 Å². The minimum atomic E-state index is -0.305. The van der Waals surface area contributed by atoms with Crippen LogP contribution in [0, 0.1) is 0 Å². The topological polar surface area (TPSA) is 41.1 Å². The van der Waals surface area contributed by atoms with Gasteiger partial charge in [0.1, 0.15) is 0 Å². The molecule has 0 bridgehead atoms. The van der Waals surface area contributed by atoms with Crippen molar-refractivity contribution in [2.24, 2.45) is 0 Å². The zero-order valence-electron chi connectivity index (χ0n) is 13.5. The largest absolute Gasteiger partial charge is 0.331 e. The van der Waals surface area contributed by atoms with E-state index in [1.807, 2.05) is 42.5 Å². The smallest absolute Gasteiger partial charge is 0.257 e. The lowest BCUT2D eigenvalue weighted by Crippen LogP contribution is -2.34. The minimum absolute atomic E-state index is 0.145. The second-order valence-electron chi connectivity index (χ2n) is 5.45. The fourth-order valence-electron chi connectivity index (χ4n) is 2.37. The fourth-order valence-corrected chi connectivity index (χ4v) is 2.92. The van der Waals surface area contributed by atoms with Crippen LogP contribution in [0.2, 0.25) is 10.0 Å². The van der Waals surface area contributed by atoms with Crippen LogP contribution in [0.3, 0.4) is 0 Å². The van der Waals surface area contributed by atoms with Crippen LogP contribution in [0.25, 0.3) is 11.1 Å². The van der Waals surface area contributed by atoms with E-state index in [2.05, 4.69) is 10.6 Å². The SMILES string of the molecule is O=C(NC(=S)Nc1cccc(Cl)c1Cl)c1ccc(-c2ccccc2)cc1. The summed E-state index contributed by atoms with van der Waals surface area (Å²) in [7, 11) is 0. The van der Waals surface area contributed by atoms with Gasteiger partial charge in [0.2, 0.25) is 0 Å². The highest BCUT2D eigenvalue weighted by Gasteiger charge is 2.10. The summed E-state index contributed by atoms with van der Waals surface area (Å²) >= 11 is 17.2. The molecule has 0 saturated heterocycles. The van der Waals surface area contributed by atoms with Crippen molar-refractivity contribution in [1.82, 2.24) is 5.32 Å². The van der Waals surface area contributed by atoms with Crippen molar-refractivity contribution in [2.75, 3.05) is 5.32 Å². The number of nitrogens with one attached hydrogen (secondary N) is 2. The molecule has 6 heteroatoms. The minimum Gasteiger partial charge on any atom is -0.331 e. The molecule has 3 nitrogen and oxygen atoms in total. The molecule has 0 aliphatic carbocycles. The first kappa shape index (κ1) is 18.4. The molecule has 0 aromatic heterocycles. The molecular weight excluding hydrogens is 387 g/mol. The van der Waals surface area contributed by atoms with Gasteiger partial charge in [0.05, 0.1) is 15.7 Å². The molecule has 0 aliphatic heterocycles. The molecule has 1 amide bonds. The predicted molar refractivity (Wildman–Crippen MR) is 112 cm³/mol. The van der Waals surface area contributed by atoms with E-state index >= 15 is 0 Å². The van der Waals surface area contributed by atoms with Crippen LogP contribution in [0.5, 0.6) is 0 Å². The molecular formula is C20H14Cl2N2OS. The van der Waals surface area contributed by atoms with Gasteiger partial charge in [-0.05, 0) is 47.6 Å². The first-order valence-electron chi connectivity index (χ1n) is 7.76. The number of halogens is 2. The average molecular weight is 401 g/mol. The number of amides is 1. The fraction of sp³-hybridized carbons (Fsp3) is 0. The summed E-state index contributed by atoms with van der Waals surface area (Å²) in [5.74, 6) is -0.305. The zero-order valence-corrected chi connectivity index (χ0v) is 15.8. The number of hydrogen-bond acceptors (Lipinski definition) is 2. The van der Waals surface area contributed by atoms with Gasteiger partial charge >= 0.3 is 0 Å². The van der Waals surface area contributed by atoms with Crippen LogP contribution in [-0.4, -0.2) is 11.0 Å². The van der Waals surface area contributed by atoms with E-state index in [9.17, 15) is 4.79 Å². The number of carbonyl (C=O) groups is 1. The molecule has 0 spiro atoms. The highest BCUT2D eigenvalue weighted by atomic mass is 35.5. The monoisotopic (exact) mass is 400 g/mol. The Kier molecular flexibility index (Phi) is 5.89. The van der Waals surface area contributed by atoms with E-state index in [0.29, 0.717) is 21.3 Å². The number of thiocarbonyl (C=S) groups is 1. The third-order valence-corrected chi connectivity index (χ3v) is 4.70. The Morgan fingerprint density at radius 1 is 0.808 bits per heavy atom. The van der Waals surface area contributed by atoms with E-state index in [-0.39, 0.29) is 11.0 Å². The third kappa shape index (κ3) is 4.41. The summed E-state index contributed by atoms with van der Waals surface area (Å²) in [6, 6.07) is 22.4. The lowest BCUT2D eigenvalue weighted by Gasteiger charge is -2.11. The Bertz CT molecular complexity index is 944. The zero-order chi connectivity index (χ0) is 18.5. The average Bonchev–Trinajstić information content (AvgIpc) is 2.66. The van der Waals surface area contributed by atoms with Crippen molar-refractivity contribution < 1.29 is 4.79 Å². The molecule has 3 aromatic carbocycles. The third-order valence-electron chi connectivity index (χ3n) is 3.68. The van der Waals surface area contributed by atoms with Gasteiger partial charge in [-0.2, -0.15) is 0 Å². The summed E-state index contributed by atoms with van der Waals surface area (Å²) in [5.41, 5.74) is 3.16. The molecule has 0 unspecified atom stereocenters. The highest BCUT2D eigenvalue weighted by molar-refractivity contribution is 7.80. The highest BCUT2D eigenvalue weighted by Crippen LogP contribution is 2.29. The number of rotatable bonds is 3. The quantitative estimate of drug-likeness (QED) is 0.546. The van der Waals surface area contributed by atoms with Crippen LogP contribution in [-0.2, 0) is 0 Å². The molecule has 0 heterocycles. The summed E-state index contributed by atoms with van der Waals surface area (Å²) in [6.45, 7) is 0. The van der Waals surface area contributed by atoms with Gasteiger partial charge in [0.15, 0.2) is 5.11 Å². The number of anilines is 1. The van der Waals surface area contributed by atoms with Crippen molar-refractivity contribution >= 4 is 52.1 Å². The first-order valence-corrected chi connectivity index (χ1v) is 8.93. The lowest BCUT2D eigenvalue weighted by atomic mass is 10.0. The van der Waals surface area contributed by atoms with E-state index in [0.717, 1.165) is 11.1 Å². The van der Waals surface area contributed by atoms with E-state index < -0.39 is 0 Å². The van der Waals surface area contributed by atoms with E-state index in [4.69, 9.17) is 35.4 Å². The van der Waals surface area contributed by atoms with Crippen LogP contribution < -0.4 is 10.6 Å². The molecule has 3 aromatic rings. The standard InChI is InChI=1S/C20H14Cl2N2OS/c21-16-7-4-8-17(18(16)22)23-20(26)24-19(25)15-11-9-14(10-12-15)13-5-2-1-3-6-13/h1-12H,(H2,23,24,25,26). The van der Waals surface area contributed by atoms with E-state index in [1.54, 1.807) is 30.3 Å². The number of hydrogen-bond donors (Lipinski definition) is 2. The van der Waals surface area contributed by atoms with Crippen molar-refractivity contribution in [1.29, 1.82) is 0 Å². The predicted octanol–water partition coefficient (Wildman–Crippen LogP) is 5.79. The van der Waals surface area contributed by atoms with Crippen LogP contribution in [0.15, 0.2) is 72.8 Å². The second kappa shape index (κ2) is 8.32. The van der Waals surface area contributed by atoms with Gasteiger partial charge < -0.3 is 5.32 Å². The summed E-state index contributed by atoms with van der Waals surface area (Å²) in [4.78, 5) is 12.3. The van der Waals surface area contributed by atoms with Gasteiger partial charge in [0.25, 0.3) is 5.91 Å². The Morgan fingerprint density at radius 3 is 2.15 bits per heavy atom. The van der Waals surface area contributed by atoms with Gasteiger partial charge in [-0.3, -0.25) is 10.1 Å². The van der Waals surface area contributed by atoms with Crippen LogP contribution in [0.1, 0.15) is 10.4 Å². The number of benzene rings is 3. The molecule has 0 atom stereocenters. The van der Waals surface area contributed by atoms with Crippen molar-refractivity contribution in [3.63, 3.8) is 0 Å². The first-order chi connectivity index (χ1) is 12.5. The van der Waals surface area contributed by atoms with Crippen molar-refractivity contribution in [2.45, 2.75) is 0 Å². The Morgan fingerprint density at radius 2 is 1.46 bits per heavy atom. The lowest BCUT2D eigenvalue weighted by molar-refractivity contribution is 0.0978. The summed E-state index contributed by atoms with van der Waals surface area (Å²) < 4.78 is 0. The molecule has 0 radical (unpaired) electrons. The Balaban J connectivity index is 1.66. The van der Waals surface area contributed by atoms with Gasteiger partial charge in [0, 0.05) is 5.56 Å². The molecule has 0 aliphatic rings. The molecule has 26 heavy (non-hydrogen) atoms. The van der Waals surface area contributed by atoms with Gasteiger partial charge in [-0.25, -0.2) is 0 Å². The number of carbonyl (C=O) groups excluding carboxylic acids is 1. The summed E-state index contributed by atoms with van der Waals surface area (Å²) in [6.07, 6.45) is 0. The molecule has 3 rings (SSSR count). The molecule has 130 valence electrons. The maximum absolute atomic E-state index is 12.3. The molecule has 2 N–H and O–H groups in total. The van der Waals surface area contributed by atoms with Crippen molar-refractivity contribution in [3.8, 4) is 11.1 Å². The maximum Gasteiger partial charge on any atom is 0.257 e.